The average molecular weight is 223 g/mol. The number of rotatable bonds is 2. The first-order valence-electron chi connectivity index (χ1n) is 4.82. The van der Waals surface area contributed by atoms with Crippen LogP contribution in [0, 0.1) is 18.6 Å². The standard InChI is InChI=1S/C11H11F2N3/c1-7-8(5-14)6-16(15-7)11-3-9(12)2-10(13)4-11/h2-4,6H,5,14H2,1H3. The summed E-state index contributed by atoms with van der Waals surface area (Å²) >= 11 is 0. The first-order chi connectivity index (χ1) is 7.60. The normalized spacial score (nSPS) is 10.8. The highest BCUT2D eigenvalue weighted by molar-refractivity contribution is 5.33. The molecule has 0 aliphatic rings. The van der Waals surface area contributed by atoms with Gasteiger partial charge >= 0.3 is 0 Å². The van der Waals surface area contributed by atoms with Crippen molar-refractivity contribution in [3.63, 3.8) is 0 Å². The molecular weight excluding hydrogens is 212 g/mol. The molecule has 84 valence electrons. The van der Waals surface area contributed by atoms with Crippen molar-refractivity contribution in [2.45, 2.75) is 13.5 Å². The largest absolute Gasteiger partial charge is 0.326 e. The highest BCUT2D eigenvalue weighted by Crippen LogP contribution is 2.14. The molecule has 2 aromatic rings. The lowest BCUT2D eigenvalue weighted by Crippen LogP contribution is -1.97. The molecule has 0 saturated carbocycles. The molecule has 0 bridgehead atoms. The maximum absolute atomic E-state index is 13.0. The number of benzene rings is 1. The van der Waals surface area contributed by atoms with Crippen LogP contribution in [0.5, 0.6) is 0 Å². The molecule has 1 heterocycles. The number of nitrogens with zero attached hydrogens (tertiary/aromatic N) is 2. The summed E-state index contributed by atoms with van der Waals surface area (Å²) in [5, 5.41) is 4.14. The van der Waals surface area contributed by atoms with Gasteiger partial charge in [0.05, 0.1) is 11.4 Å². The molecule has 0 aliphatic heterocycles. The van der Waals surface area contributed by atoms with Gasteiger partial charge in [0.1, 0.15) is 11.6 Å². The Labute approximate surface area is 91.5 Å². The third kappa shape index (κ3) is 1.94. The average Bonchev–Trinajstić information content (AvgIpc) is 2.58. The van der Waals surface area contributed by atoms with Crippen LogP contribution in [0.3, 0.4) is 0 Å². The van der Waals surface area contributed by atoms with E-state index in [1.54, 1.807) is 13.1 Å². The minimum atomic E-state index is -0.627. The van der Waals surface area contributed by atoms with Crippen LogP contribution in [0.1, 0.15) is 11.3 Å². The lowest BCUT2D eigenvalue weighted by Gasteiger charge is -2.01. The zero-order chi connectivity index (χ0) is 11.7. The van der Waals surface area contributed by atoms with Crippen LogP contribution in [0.4, 0.5) is 8.78 Å². The molecule has 0 fully saturated rings. The maximum atomic E-state index is 13.0. The van der Waals surface area contributed by atoms with Crippen LogP contribution in [-0.2, 0) is 6.54 Å². The molecule has 0 spiro atoms. The van der Waals surface area contributed by atoms with E-state index >= 15 is 0 Å². The van der Waals surface area contributed by atoms with Gasteiger partial charge in [-0.3, -0.25) is 0 Å². The van der Waals surface area contributed by atoms with Gasteiger partial charge in [-0.1, -0.05) is 0 Å². The molecule has 0 radical (unpaired) electrons. The van der Waals surface area contributed by atoms with Crippen molar-refractivity contribution in [2.24, 2.45) is 5.73 Å². The van der Waals surface area contributed by atoms with E-state index in [0.717, 1.165) is 17.3 Å². The van der Waals surface area contributed by atoms with Crippen LogP contribution in [-0.4, -0.2) is 9.78 Å². The number of halogens is 2. The molecule has 0 atom stereocenters. The zero-order valence-electron chi connectivity index (χ0n) is 8.74. The van der Waals surface area contributed by atoms with Crippen LogP contribution in [0.15, 0.2) is 24.4 Å². The van der Waals surface area contributed by atoms with Crippen LogP contribution >= 0.6 is 0 Å². The van der Waals surface area contributed by atoms with Crippen molar-refractivity contribution in [1.82, 2.24) is 9.78 Å². The third-order valence-electron chi connectivity index (χ3n) is 2.33. The van der Waals surface area contributed by atoms with Gasteiger partial charge in [-0.05, 0) is 19.1 Å². The van der Waals surface area contributed by atoms with Gasteiger partial charge in [0.15, 0.2) is 0 Å². The van der Waals surface area contributed by atoms with E-state index in [1.165, 1.54) is 16.8 Å². The van der Waals surface area contributed by atoms with Gasteiger partial charge in [0.2, 0.25) is 0 Å². The number of nitrogens with two attached hydrogens (primary N) is 1. The molecule has 3 nitrogen and oxygen atoms in total. The fraction of sp³-hybridized carbons (Fsp3) is 0.182. The monoisotopic (exact) mass is 223 g/mol. The Morgan fingerprint density at radius 1 is 1.25 bits per heavy atom. The molecule has 2 rings (SSSR count). The van der Waals surface area contributed by atoms with E-state index in [-0.39, 0.29) is 0 Å². The van der Waals surface area contributed by atoms with E-state index in [0.29, 0.717) is 12.2 Å². The third-order valence-corrected chi connectivity index (χ3v) is 2.33. The minimum Gasteiger partial charge on any atom is -0.326 e. The number of hydrogen-bond acceptors (Lipinski definition) is 2. The quantitative estimate of drug-likeness (QED) is 0.845. The van der Waals surface area contributed by atoms with Crippen LogP contribution < -0.4 is 5.73 Å². The topological polar surface area (TPSA) is 43.8 Å². The van der Waals surface area contributed by atoms with Crippen molar-refractivity contribution in [3.8, 4) is 5.69 Å². The molecule has 0 aliphatic carbocycles. The smallest absolute Gasteiger partial charge is 0.128 e. The lowest BCUT2D eigenvalue weighted by atomic mass is 10.3. The van der Waals surface area contributed by atoms with Gasteiger partial charge in [-0.2, -0.15) is 5.10 Å². The lowest BCUT2D eigenvalue weighted by molar-refractivity contribution is 0.580. The number of aryl methyl sites for hydroxylation is 1. The van der Waals surface area contributed by atoms with E-state index < -0.39 is 11.6 Å². The fourth-order valence-electron chi connectivity index (χ4n) is 1.50. The molecule has 2 N–H and O–H groups in total. The molecular formula is C11H11F2N3. The van der Waals surface area contributed by atoms with Gasteiger partial charge in [-0.25, -0.2) is 13.5 Å². The Morgan fingerprint density at radius 3 is 2.38 bits per heavy atom. The molecule has 16 heavy (non-hydrogen) atoms. The molecule has 1 aromatic heterocycles. The predicted octanol–water partition coefficient (Wildman–Crippen LogP) is 1.92. The summed E-state index contributed by atoms with van der Waals surface area (Å²) in [5.74, 6) is -1.25. The van der Waals surface area contributed by atoms with E-state index in [2.05, 4.69) is 5.10 Å². The summed E-state index contributed by atoms with van der Waals surface area (Å²) in [6.07, 6.45) is 1.67. The number of hydrogen-bond donors (Lipinski definition) is 1. The highest BCUT2D eigenvalue weighted by atomic mass is 19.1. The van der Waals surface area contributed by atoms with Crippen molar-refractivity contribution >= 4 is 0 Å². The number of aromatic nitrogens is 2. The first kappa shape index (κ1) is 10.8. The van der Waals surface area contributed by atoms with Crippen molar-refractivity contribution in [1.29, 1.82) is 0 Å². The Balaban J connectivity index is 2.49. The van der Waals surface area contributed by atoms with Crippen molar-refractivity contribution < 1.29 is 8.78 Å². The zero-order valence-corrected chi connectivity index (χ0v) is 8.74. The molecule has 0 amide bonds. The second kappa shape index (κ2) is 4.02. The molecule has 5 heteroatoms. The fourth-order valence-corrected chi connectivity index (χ4v) is 1.50. The molecule has 0 unspecified atom stereocenters. The Kier molecular flexibility index (Phi) is 2.70. The van der Waals surface area contributed by atoms with Crippen LogP contribution in [0.2, 0.25) is 0 Å². The van der Waals surface area contributed by atoms with Gasteiger partial charge < -0.3 is 5.73 Å². The molecule has 0 saturated heterocycles. The van der Waals surface area contributed by atoms with Crippen LogP contribution in [0.25, 0.3) is 5.69 Å². The summed E-state index contributed by atoms with van der Waals surface area (Å²) in [7, 11) is 0. The summed E-state index contributed by atoms with van der Waals surface area (Å²) in [6, 6.07) is 3.26. The summed E-state index contributed by atoms with van der Waals surface area (Å²) in [5.41, 5.74) is 7.46. The van der Waals surface area contributed by atoms with Gasteiger partial charge in [0, 0.05) is 24.4 Å². The minimum absolute atomic E-state index is 0.348. The second-order valence-electron chi connectivity index (χ2n) is 3.52. The Hall–Kier alpha value is -1.75. The Morgan fingerprint density at radius 2 is 1.88 bits per heavy atom. The molecule has 1 aromatic carbocycles. The highest BCUT2D eigenvalue weighted by Gasteiger charge is 2.07. The first-order valence-corrected chi connectivity index (χ1v) is 4.82. The predicted molar refractivity (Wildman–Crippen MR) is 56.1 cm³/mol. The van der Waals surface area contributed by atoms with E-state index in [9.17, 15) is 8.78 Å². The van der Waals surface area contributed by atoms with Gasteiger partial charge in [0.25, 0.3) is 0 Å². The van der Waals surface area contributed by atoms with E-state index in [4.69, 9.17) is 5.73 Å². The summed E-state index contributed by atoms with van der Waals surface area (Å²) < 4.78 is 27.4. The summed E-state index contributed by atoms with van der Waals surface area (Å²) in [4.78, 5) is 0. The van der Waals surface area contributed by atoms with E-state index in [1.807, 2.05) is 0 Å². The summed E-state index contributed by atoms with van der Waals surface area (Å²) in [6.45, 7) is 2.15. The maximum Gasteiger partial charge on any atom is 0.128 e. The van der Waals surface area contributed by atoms with Crippen molar-refractivity contribution in [2.75, 3.05) is 0 Å². The Bertz CT molecular complexity index is 500. The van der Waals surface area contributed by atoms with Crippen molar-refractivity contribution in [3.05, 3.63) is 47.3 Å². The SMILES string of the molecule is Cc1nn(-c2cc(F)cc(F)c2)cc1CN. The second-order valence-corrected chi connectivity index (χ2v) is 3.52. The van der Waals surface area contributed by atoms with Gasteiger partial charge in [-0.15, -0.1) is 0 Å².